The summed E-state index contributed by atoms with van der Waals surface area (Å²) in [5, 5.41) is 1.69. The van der Waals surface area contributed by atoms with Gasteiger partial charge in [0.15, 0.2) is 0 Å². The third-order valence-electron chi connectivity index (χ3n) is 3.60. The Hall–Kier alpha value is -0.823. The average Bonchev–Trinajstić information content (AvgIpc) is 2.64. The molecule has 2 rings (SSSR count). The van der Waals surface area contributed by atoms with Gasteiger partial charge in [0.1, 0.15) is 0 Å². The van der Waals surface area contributed by atoms with E-state index in [9.17, 15) is 0 Å². The summed E-state index contributed by atoms with van der Waals surface area (Å²) in [5.74, 6) is 0. The van der Waals surface area contributed by atoms with Gasteiger partial charge in [-0.05, 0) is 43.3 Å². The van der Waals surface area contributed by atoms with E-state index in [0.29, 0.717) is 0 Å². The molecule has 0 unspecified atom stereocenters. The van der Waals surface area contributed by atoms with Crippen LogP contribution in [-0.4, -0.2) is 8.07 Å². The van der Waals surface area contributed by atoms with Crippen molar-refractivity contribution in [1.82, 2.24) is 0 Å². The minimum atomic E-state index is -1.17. The van der Waals surface area contributed by atoms with Gasteiger partial charge in [0.25, 0.3) is 0 Å². The summed E-state index contributed by atoms with van der Waals surface area (Å²) in [6.45, 7) is 7.38. The zero-order valence-electron chi connectivity index (χ0n) is 11.4. The van der Waals surface area contributed by atoms with E-state index in [1.54, 1.807) is 16.3 Å². The van der Waals surface area contributed by atoms with E-state index in [4.69, 9.17) is 0 Å². The maximum Gasteiger partial charge on any atom is 0.0779 e. The van der Waals surface area contributed by atoms with Crippen molar-refractivity contribution in [2.45, 2.75) is 51.7 Å². The highest BCUT2D eigenvalue weighted by molar-refractivity contribution is 6.84. The van der Waals surface area contributed by atoms with Crippen molar-refractivity contribution in [2.24, 2.45) is 0 Å². The molecule has 2 aliphatic rings. The summed E-state index contributed by atoms with van der Waals surface area (Å²) in [6.07, 6.45) is 18.0. The molecule has 0 nitrogen and oxygen atoms in total. The molecule has 0 radical (unpaired) electrons. The Morgan fingerprint density at radius 1 is 0.941 bits per heavy atom. The molecular weight excluding hydrogens is 220 g/mol. The quantitative estimate of drug-likeness (QED) is 0.464. The molecular formula is C16H24Si. The first kappa shape index (κ1) is 12.6. The summed E-state index contributed by atoms with van der Waals surface area (Å²) < 4.78 is 0. The molecule has 0 amide bonds. The van der Waals surface area contributed by atoms with Gasteiger partial charge in [-0.15, -0.1) is 0 Å². The van der Waals surface area contributed by atoms with Gasteiger partial charge in [0, 0.05) is 0 Å². The number of rotatable bonds is 2. The van der Waals surface area contributed by atoms with E-state index in [1.807, 2.05) is 0 Å². The number of hydrogen-bond donors (Lipinski definition) is 0. The van der Waals surface area contributed by atoms with Gasteiger partial charge in [-0.1, -0.05) is 55.2 Å². The average molecular weight is 244 g/mol. The Balaban J connectivity index is 2.27. The maximum absolute atomic E-state index is 2.49. The minimum Gasteiger partial charge on any atom is -0.0882 e. The van der Waals surface area contributed by atoms with Gasteiger partial charge in [-0.3, -0.25) is 0 Å². The van der Waals surface area contributed by atoms with E-state index in [-0.39, 0.29) is 0 Å². The highest BCUT2D eigenvalue weighted by Crippen LogP contribution is 2.34. The fourth-order valence-electron chi connectivity index (χ4n) is 2.72. The third kappa shape index (κ3) is 3.10. The zero-order chi connectivity index (χ0) is 12.3. The molecule has 0 aromatic carbocycles. The minimum absolute atomic E-state index is 1.17. The molecule has 1 heteroatoms. The van der Waals surface area contributed by atoms with Gasteiger partial charge < -0.3 is 0 Å². The topological polar surface area (TPSA) is 0 Å². The zero-order valence-corrected chi connectivity index (χ0v) is 12.4. The first-order valence-corrected chi connectivity index (χ1v) is 10.3. The second-order valence-corrected chi connectivity index (χ2v) is 11.1. The van der Waals surface area contributed by atoms with Gasteiger partial charge in [-0.25, -0.2) is 0 Å². The van der Waals surface area contributed by atoms with Crippen molar-refractivity contribution in [3.63, 3.8) is 0 Å². The predicted octanol–water partition coefficient (Wildman–Crippen LogP) is 5.18. The lowest BCUT2D eigenvalue weighted by atomic mass is 9.97. The Kier molecular flexibility index (Phi) is 3.88. The molecule has 92 valence electrons. The summed E-state index contributed by atoms with van der Waals surface area (Å²) in [4.78, 5) is 0. The van der Waals surface area contributed by atoms with Crippen LogP contribution >= 0.6 is 0 Å². The number of allylic oxidation sites excluding steroid dienone is 8. The number of hydrogen-bond acceptors (Lipinski definition) is 0. The molecule has 0 atom stereocenters. The highest BCUT2D eigenvalue weighted by Gasteiger charge is 2.24. The van der Waals surface area contributed by atoms with E-state index < -0.39 is 8.07 Å². The summed E-state index contributed by atoms with van der Waals surface area (Å²) in [5.41, 5.74) is 3.30. The van der Waals surface area contributed by atoms with Crippen molar-refractivity contribution in [2.75, 3.05) is 0 Å². The summed E-state index contributed by atoms with van der Waals surface area (Å²) in [7, 11) is -1.17. The molecule has 0 aromatic rings. The molecule has 0 aromatic heterocycles. The third-order valence-corrected chi connectivity index (χ3v) is 5.68. The standard InChI is InChI=1S/C16H24Si/c1-17(2,3)16-13-9-12-15(16)14-10-7-5-4-6-8-11-14/h4-5,9,11,13H,6-8,10,12H2,1-3H3. The SMILES string of the molecule is C[Si](C)(C)C1=C(C2=CCCC=CCC2)CC=C1. The van der Waals surface area contributed by atoms with Crippen molar-refractivity contribution < 1.29 is 0 Å². The van der Waals surface area contributed by atoms with Gasteiger partial charge in [0.2, 0.25) is 0 Å². The lowest BCUT2D eigenvalue weighted by Crippen LogP contribution is -2.23. The lowest BCUT2D eigenvalue weighted by molar-refractivity contribution is 0.909. The molecule has 0 spiro atoms. The first-order valence-electron chi connectivity index (χ1n) is 6.83. The van der Waals surface area contributed by atoms with Crippen molar-refractivity contribution in [3.05, 3.63) is 46.7 Å². The molecule has 2 aliphatic carbocycles. The van der Waals surface area contributed by atoms with Crippen molar-refractivity contribution >= 4 is 8.07 Å². The molecule has 17 heavy (non-hydrogen) atoms. The van der Waals surface area contributed by atoms with E-state index in [1.165, 1.54) is 32.1 Å². The molecule has 0 aliphatic heterocycles. The van der Waals surface area contributed by atoms with Gasteiger partial charge in [0.05, 0.1) is 8.07 Å². The molecule has 0 saturated heterocycles. The molecule has 0 bridgehead atoms. The van der Waals surface area contributed by atoms with Crippen LogP contribution in [0.3, 0.4) is 0 Å². The van der Waals surface area contributed by atoms with Gasteiger partial charge >= 0.3 is 0 Å². The molecule has 0 heterocycles. The van der Waals surface area contributed by atoms with Gasteiger partial charge in [-0.2, -0.15) is 0 Å². The molecule has 0 saturated carbocycles. The second kappa shape index (κ2) is 5.22. The largest absolute Gasteiger partial charge is 0.0882 e. The Morgan fingerprint density at radius 3 is 2.47 bits per heavy atom. The van der Waals surface area contributed by atoms with Crippen LogP contribution in [0.25, 0.3) is 0 Å². The first-order chi connectivity index (χ1) is 8.09. The Labute approximate surface area is 107 Å². The fourth-order valence-corrected chi connectivity index (χ4v) is 4.50. The predicted molar refractivity (Wildman–Crippen MR) is 79.8 cm³/mol. The maximum atomic E-state index is 2.49. The summed E-state index contributed by atoms with van der Waals surface area (Å²) >= 11 is 0. The van der Waals surface area contributed by atoms with Crippen LogP contribution in [0.15, 0.2) is 46.7 Å². The van der Waals surface area contributed by atoms with E-state index in [0.717, 1.165) is 0 Å². The Morgan fingerprint density at radius 2 is 1.71 bits per heavy atom. The Bertz CT molecular complexity index is 400. The fraction of sp³-hybridized carbons (Fsp3) is 0.500. The second-order valence-electron chi connectivity index (χ2n) is 6.07. The van der Waals surface area contributed by atoms with Crippen LogP contribution in [-0.2, 0) is 0 Å². The normalized spacial score (nSPS) is 21.5. The molecule has 0 fully saturated rings. The van der Waals surface area contributed by atoms with Crippen LogP contribution in [0.1, 0.15) is 32.1 Å². The highest BCUT2D eigenvalue weighted by atomic mass is 28.3. The van der Waals surface area contributed by atoms with Crippen LogP contribution in [0.5, 0.6) is 0 Å². The van der Waals surface area contributed by atoms with E-state index >= 15 is 0 Å². The van der Waals surface area contributed by atoms with E-state index in [2.05, 4.69) is 50.0 Å². The smallest absolute Gasteiger partial charge is 0.0779 e. The van der Waals surface area contributed by atoms with Crippen LogP contribution < -0.4 is 0 Å². The van der Waals surface area contributed by atoms with Crippen LogP contribution in [0, 0.1) is 0 Å². The monoisotopic (exact) mass is 244 g/mol. The van der Waals surface area contributed by atoms with Crippen molar-refractivity contribution in [1.29, 1.82) is 0 Å². The van der Waals surface area contributed by atoms with Crippen LogP contribution in [0.4, 0.5) is 0 Å². The molecule has 0 N–H and O–H groups in total. The van der Waals surface area contributed by atoms with Crippen molar-refractivity contribution in [3.8, 4) is 0 Å². The van der Waals surface area contributed by atoms with Crippen LogP contribution in [0.2, 0.25) is 19.6 Å². The lowest BCUT2D eigenvalue weighted by Gasteiger charge is -2.21. The summed E-state index contributed by atoms with van der Waals surface area (Å²) in [6, 6.07) is 0.